The van der Waals surface area contributed by atoms with Crippen molar-refractivity contribution in [3.8, 4) is 0 Å². The Bertz CT molecular complexity index is 49.5. The van der Waals surface area contributed by atoms with Gasteiger partial charge in [-0.25, -0.2) is 0 Å². The van der Waals surface area contributed by atoms with Crippen molar-refractivity contribution in [1.29, 1.82) is 0 Å². The first-order valence-corrected chi connectivity index (χ1v) is 4.67. The Morgan fingerprint density at radius 3 is 2.50 bits per heavy atom. The normalized spacial score (nSPS) is 10.3. The van der Waals surface area contributed by atoms with Crippen molar-refractivity contribution in [1.82, 2.24) is 0 Å². The number of aliphatic hydroxyl groups excluding tert-OH is 1. The molecule has 1 N–H and O–H groups in total. The summed E-state index contributed by atoms with van der Waals surface area (Å²) < 4.78 is -0.243. The van der Waals surface area contributed by atoms with Crippen LogP contribution in [0.15, 0.2) is 0 Å². The summed E-state index contributed by atoms with van der Waals surface area (Å²) in [5.41, 5.74) is 0. The summed E-state index contributed by atoms with van der Waals surface area (Å²) in [6, 6.07) is 0. The Balaban J connectivity index is 2.99. The van der Waals surface area contributed by atoms with E-state index in [1.54, 1.807) is 0 Å². The van der Waals surface area contributed by atoms with Crippen molar-refractivity contribution in [2.24, 2.45) is 0 Å². The SMILES string of the molecule is O=C(CO)[As]Cl. The summed E-state index contributed by atoms with van der Waals surface area (Å²) >= 11 is -0.756. The average molecular weight is 169 g/mol. The molecule has 0 aromatic heterocycles. The predicted octanol–water partition coefficient (Wildman–Crippen LogP) is -0.637. The number of aliphatic hydroxyl groups is 1. The minimum absolute atomic E-state index is 0.243. The van der Waals surface area contributed by atoms with Gasteiger partial charge in [0.25, 0.3) is 0 Å². The van der Waals surface area contributed by atoms with Crippen molar-refractivity contribution in [3.05, 3.63) is 0 Å². The first-order chi connectivity index (χ1) is 2.81. The maximum absolute atomic E-state index is 9.84. The second-order valence-corrected chi connectivity index (χ2v) is 2.92. The number of hydrogen-bond donors (Lipinski definition) is 1. The van der Waals surface area contributed by atoms with Gasteiger partial charge in [0.05, 0.1) is 0 Å². The molecule has 0 aliphatic carbocycles. The molecule has 0 rings (SSSR count). The van der Waals surface area contributed by atoms with Crippen molar-refractivity contribution in [3.63, 3.8) is 0 Å². The van der Waals surface area contributed by atoms with Crippen molar-refractivity contribution in [2.75, 3.05) is 6.61 Å². The number of carbonyl (C=O) groups is 1. The summed E-state index contributed by atoms with van der Waals surface area (Å²) in [5.74, 6) is 0. The van der Waals surface area contributed by atoms with Gasteiger partial charge in [-0.15, -0.1) is 0 Å². The monoisotopic (exact) mass is 169 g/mol. The van der Waals surface area contributed by atoms with Gasteiger partial charge in [-0.2, -0.15) is 0 Å². The van der Waals surface area contributed by atoms with Crippen LogP contribution < -0.4 is 0 Å². The van der Waals surface area contributed by atoms with Crippen molar-refractivity contribution < 1.29 is 9.90 Å². The number of halogens is 1. The molecule has 0 aliphatic rings. The molecule has 2 nitrogen and oxygen atoms in total. The average Bonchev–Trinajstić information content (AvgIpc) is 1.65. The van der Waals surface area contributed by atoms with Crippen LogP contribution in [-0.2, 0) is 4.79 Å². The topological polar surface area (TPSA) is 37.3 Å². The third kappa shape index (κ3) is 2.70. The molecule has 0 atom stereocenters. The summed E-state index contributed by atoms with van der Waals surface area (Å²) in [4.78, 5) is 9.84. The van der Waals surface area contributed by atoms with Crippen molar-refractivity contribution >= 4 is 29.3 Å². The van der Waals surface area contributed by atoms with Gasteiger partial charge in [-0.05, 0) is 0 Å². The molecule has 0 saturated heterocycles. The third-order valence-electron chi connectivity index (χ3n) is 0.230. The van der Waals surface area contributed by atoms with Gasteiger partial charge >= 0.3 is 45.8 Å². The van der Waals surface area contributed by atoms with Gasteiger partial charge in [0.15, 0.2) is 0 Å². The van der Waals surface area contributed by atoms with Crippen LogP contribution in [-0.4, -0.2) is 31.1 Å². The van der Waals surface area contributed by atoms with E-state index in [-0.39, 0.29) is 4.57 Å². The molecule has 0 saturated carbocycles. The number of rotatable bonds is 2. The first kappa shape index (κ1) is 6.48. The van der Waals surface area contributed by atoms with E-state index < -0.39 is 21.4 Å². The van der Waals surface area contributed by atoms with E-state index in [2.05, 4.69) is 0 Å². The molecule has 1 radical (unpaired) electrons. The summed E-state index contributed by atoms with van der Waals surface area (Å²) in [7, 11) is 5.04. The van der Waals surface area contributed by atoms with Crippen LogP contribution in [0.4, 0.5) is 0 Å². The number of hydrogen-bond acceptors (Lipinski definition) is 2. The minimum atomic E-state index is -0.756. The van der Waals surface area contributed by atoms with Gasteiger partial charge in [-0.1, -0.05) is 0 Å². The van der Waals surface area contributed by atoms with Gasteiger partial charge in [-0.3, -0.25) is 0 Å². The summed E-state index contributed by atoms with van der Waals surface area (Å²) in [6.45, 7) is -0.399. The number of carbonyl (C=O) groups excluding carboxylic acids is 1. The second kappa shape index (κ2) is 3.66. The van der Waals surface area contributed by atoms with Crippen molar-refractivity contribution in [2.45, 2.75) is 0 Å². The fraction of sp³-hybridized carbons (Fsp3) is 0.500. The summed E-state index contributed by atoms with van der Waals surface area (Å²) in [6.07, 6.45) is 0. The van der Waals surface area contributed by atoms with Crippen LogP contribution in [0.1, 0.15) is 0 Å². The Hall–Kier alpha value is 0.478. The van der Waals surface area contributed by atoms with Gasteiger partial charge in [0.2, 0.25) is 0 Å². The van der Waals surface area contributed by atoms with Crippen LogP contribution in [0.3, 0.4) is 0 Å². The fourth-order valence-corrected chi connectivity index (χ4v) is 0.417. The van der Waals surface area contributed by atoms with Gasteiger partial charge in [0, 0.05) is 0 Å². The molecular formula is C2H3AsClO2. The quantitative estimate of drug-likeness (QED) is 0.559. The Kier molecular flexibility index (Phi) is 3.95. The zero-order valence-corrected chi connectivity index (χ0v) is 5.52. The van der Waals surface area contributed by atoms with E-state index in [4.69, 9.17) is 15.1 Å². The molecule has 0 aromatic carbocycles. The Morgan fingerprint density at radius 2 is 2.50 bits per heavy atom. The van der Waals surface area contributed by atoms with E-state index >= 15 is 0 Å². The molecule has 0 aromatic rings. The van der Waals surface area contributed by atoms with E-state index in [9.17, 15) is 4.79 Å². The third-order valence-corrected chi connectivity index (χ3v) is 1.90. The second-order valence-electron chi connectivity index (χ2n) is 0.636. The zero-order chi connectivity index (χ0) is 4.99. The van der Waals surface area contributed by atoms with E-state index in [0.717, 1.165) is 0 Å². The summed E-state index contributed by atoms with van der Waals surface area (Å²) in [5, 5.41) is 7.92. The molecule has 0 amide bonds. The van der Waals surface area contributed by atoms with Crippen LogP contribution >= 0.6 is 9.95 Å². The van der Waals surface area contributed by atoms with Crippen LogP contribution in [0, 0.1) is 0 Å². The molecule has 0 aliphatic heterocycles. The molecule has 0 heterocycles. The molecule has 6 heavy (non-hydrogen) atoms. The Labute approximate surface area is 46.3 Å². The molecule has 35 valence electrons. The maximum atomic E-state index is 9.84. The standard InChI is InChI=1S/C2H3AsClO2/c4-3-2(6)1-5/h5H,1H2. The fourth-order valence-electron chi connectivity index (χ4n) is 0.0267. The molecule has 0 unspecified atom stereocenters. The van der Waals surface area contributed by atoms with Crippen LogP contribution in [0.2, 0.25) is 0 Å². The van der Waals surface area contributed by atoms with Gasteiger partial charge < -0.3 is 0 Å². The van der Waals surface area contributed by atoms with E-state index in [1.165, 1.54) is 0 Å². The molecule has 0 fully saturated rings. The molecular weight excluding hydrogens is 166 g/mol. The van der Waals surface area contributed by atoms with Crippen LogP contribution in [0.25, 0.3) is 0 Å². The van der Waals surface area contributed by atoms with Crippen LogP contribution in [0.5, 0.6) is 0 Å². The van der Waals surface area contributed by atoms with E-state index in [1.807, 2.05) is 0 Å². The zero-order valence-electron chi connectivity index (χ0n) is 2.89. The Morgan fingerprint density at radius 1 is 2.00 bits per heavy atom. The molecule has 0 spiro atoms. The predicted molar refractivity (Wildman–Crippen MR) is 23.7 cm³/mol. The molecule has 0 bridgehead atoms. The first-order valence-electron chi connectivity index (χ1n) is 1.27. The molecule has 4 heteroatoms. The van der Waals surface area contributed by atoms with Gasteiger partial charge in [0.1, 0.15) is 0 Å². The van der Waals surface area contributed by atoms with E-state index in [0.29, 0.717) is 0 Å².